The minimum Gasteiger partial charge on any atom is -0.381 e. The molecule has 2 aliphatic rings. The highest BCUT2D eigenvalue weighted by molar-refractivity contribution is 7.89. The van der Waals surface area contributed by atoms with Crippen molar-refractivity contribution in [1.82, 2.24) is 14.5 Å². The van der Waals surface area contributed by atoms with Gasteiger partial charge in [-0.3, -0.25) is 0 Å². The molecule has 0 radical (unpaired) electrons. The second-order valence-electron chi connectivity index (χ2n) is 8.03. The van der Waals surface area contributed by atoms with Gasteiger partial charge in [-0.2, -0.15) is 4.31 Å². The van der Waals surface area contributed by atoms with Crippen molar-refractivity contribution < 1.29 is 22.3 Å². The summed E-state index contributed by atoms with van der Waals surface area (Å²) in [6, 6.07) is 3.92. The zero-order valence-electron chi connectivity index (χ0n) is 17.8. The van der Waals surface area contributed by atoms with Crippen molar-refractivity contribution in [2.45, 2.75) is 62.9 Å². The van der Waals surface area contributed by atoms with Gasteiger partial charge in [-0.05, 0) is 62.8 Å². The lowest BCUT2D eigenvalue weighted by molar-refractivity contribution is 0.0255. The van der Waals surface area contributed by atoms with E-state index in [4.69, 9.17) is 4.74 Å². The molecule has 1 aromatic rings. The van der Waals surface area contributed by atoms with E-state index in [1.807, 2.05) is 11.8 Å². The number of carbonyl (C=O) groups is 1. The number of piperidine rings is 1. The molecule has 0 aliphatic carbocycles. The lowest BCUT2D eigenvalue weighted by atomic mass is 9.99. The summed E-state index contributed by atoms with van der Waals surface area (Å²) >= 11 is 0. The molecule has 3 rings (SSSR count). The standard InChI is InChI=1S/C21H32FN3O4S/c1-3-10-23-21(26)25(18-8-13-29-14-9-18)17-6-11-24(12-7-17)30(27,28)19-4-5-20(22)16(2)15-19/h4-5,15,17-18H,3,6-14H2,1-2H3,(H,23,26). The summed E-state index contributed by atoms with van der Waals surface area (Å²) in [5.74, 6) is -0.419. The van der Waals surface area contributed by atoms with Crippen molar-refractivity contribution >= 4 is 16.1 Å². The van der Waals surface area contributed by atoms with Crippen molar-refractivity contribution in [3.63, 3.8) is 0 Å². The van der Waals surface area contributed by atoms with Crippen LogP contribution in [0.15, 0.2) is 23.1 Å². The highest BCUT2D eigenvalue weighted by atomic mass is 32.2. The van der Waals surface area contributed by atoms with Gasteiger partial charge in [-0.25, -0.2) is 17.6 Å². The Kier molecular flexibility index (Phi) is 7.70. The minimum atomic E-state index is -3.68. The van der Waals surface area contributed by atoms with E-state index in [2.05, 4.69) is 5.32 Å². The maximum Gasteiger partial charge on any atom is 0.317 e. The minimum absolute atomic E-state index is 0.00800. The Bertz CT molecular complexity index is 835. The van der Waals surface area contributed by atoms with Crippen LogP contribution in [0, 0.1) is 12.7 Å². The average molecular weight is 442 g/mol. The number of hydrogen-bond donors (Lipinski definition) is 1. The zero-order valence-corrected chi connectivity index (χ0v) is 18.6. The second-order valence-corrected chi connectivity index (χ2v) is 9.97. The van der Waals surface area contributed by atoms with Gasteiger partial charge >= 0.3 is 6.03 Å². The number of ether oxygens (including phenoxy) is 1. The fourth-order valence-corrected chi connectivity index (χ4v) is 5.76. The number of sulfonamides is 1. The number of nitrogens with one attached hydrogen (secondary N) is 1. The molecule has 30 heavy (non-hydrogen) atoms. The predicted molar refractivity (Wildman–Crippen MR) is 112 cm³/mol. The van der Waals surface area contributed by atoms with Crippen LogP contribution < -0.4 is 5.32 Å². The Hall–Kier alpha value is -1.71. The van der Waals surface area contributed by atoms with Gasteiger partial charge in [0.05, 0.1) is 4.90 Å². The summed E-state index contributed by atoms with van der Waals surface area (Å²) in [6.07, 6.45) is 3.62. The van der Waals surface area contributed by atoms with Gasteiger partial charge in [0.2, 0.25) is 10.0 Å². The van der Waals surface area contributed by atoms with E-state index < -0.39 is 15.8 Å². The molecule has 2 fully saturated rings. The summed E-state index contributed by atoms with van der Waals surface area (Å²) in [7, 11) is -3.68. The Morgan fingerprint density at radius 1 is 1.20 bits per heavy atom. The first-order valence-electron chi connectivity index (χ1n) is 10.7. The van der Waals surface area contributed by atoms with Crippen LogP contribution in [0.25, 0.3) is 0 Å². The summed E-state index contributed by atoms with van der Waals surface area (Å²) < 4.78 is 46.4. The predicted octanol–water partition coefficient (Wildman–Crippen LogP) is 2.89. The molecule has 9 heteroatoms. The van der Waals surface area contributed by atoms with E-state index in [9.17, 15) is 17.6 Å². The molecule has 7 nitrogen and oxygen atoms in total. The molecule has 1 aromatic carbocycles. The number of aryl methyl sites for hydroxylation is 1. The van der Waals surface area contributed by atoms with E-state index in [-0.39, 0.29) is 23.0 Å². The van der Waals surface area contributed by atoms with E-state index >= 15 is 0 Å². The molecular weight excluding hydrogens is 409 g/mol. The molecule has 0 atom stereocenters. The van der Waals surface area contributed by atoms with Gasteiger partial charge in [0.1, 0.15) is 5.82 Å². The smallest absolute Gasteiger partial charge is 0.317 e. The lowest BCUT2D eigenvalue weighted by Crippen LogP contribution is -2.56. The van der Waals surface area contributed by atoms with Crippen LogP contribution in [0.1, 0.15) is 44.6 Å². The molecule has 2 aliphatic heterocycles. The SMILES string of the molecule is CCCNC(=O)N(C1CCOCC1)C1CCN(S(=O)(=O)c2ccc(F)c(C)c2)CC1. The highest BCUT2D eigenvalue weighted by Gasteiger charge is 2.37. The molecule has 0 unspecified atom stereocenters. The molecule has 0 bridgehead atoms. The van der Waals surface area contributed by atoms with Crippen molar-refractivity contribution in [2.24, 2.45) is 0 Å². The first-order chi connectivity index (χ1) is 14.3. The largest absolute Gasteiger partial charge is 0.381 e. The quantitative estimate of drug-likeness (QED) is 0.736. The molecule has 0 aromatic heterocycles. The maximum absolute atomic E-state index is 13.5. The Balaban J connectivity index is 1.70. The fraction of sp³-hybridized carbons (Fsp3) is 0.667. The molecular formula is C21H32FN3O4S. The van der Waals surface area contributed by atoms with Gasteiger partial charge < -0.3 is 15.0 Å². The molecule has 2 saturated heterocycles. The van der Waals surface area contributed by atoms with Crippen molar-refractivity contribution in [3.05, 3.63) is 29.6 Å². The van der Waals surface area contributed by atoms with Gasteiger partial charge in [0.15, 0.2) is 0 Å². The third-order valence-corrected chi connectivity index (χ3v) is 7.82. The Morgan fingerprint density at radius 3 is 2.43 bits per heavy atom. The third kappa shape index (κ3) is 5.12. The molecule has 0 spiro atoms. The number of nitrogens with zero attached hydrogens (tertiary/aromatic N) is 2. The topological polar surface area (TPSA) is 79.0 Å². The first-order valence-corrected chi connectivity index (χ1v) is 12.2. The third-order valence-electron chi connectivity index (χ3n) is 5.93. The van der Waals surface area contributed by atoms with Gasteiger partial charge in [-0.1, -0.05) is 6.92 Å². The second kappa shape index (κ2) is 10.1. The van der Waals surface area contributed by atoms with E-state index in [1.165, 1.54) is 22.5 Å². The molecule has 0 saturated carbocycles. The number of urea groups is 1. The zero-order chi connectivity index (χ0) is 21.7. The average Bonchev–Trinajstić information content (AvgIpc) is 2.75. The molecule has 2 heterocycles. The number of carbonyl (C=O) groups excluding carboxylic acids is 1. The van der Waals surface area contributed by atoms with E-state index in [1.54, 1.807) is 6.92 Å². The number of hydrogen-bond acceptors (Lipinski definition) is 4. The Morgan fingerprint density at radius 2 is 1.83 bits per heavy atom. The lowest BCUT2D eigenvalue weighted by Gasteiger charge is -2.43. The normalized spacial score (nSPS) is 19.6. The van der Waals surface area contributed by atoms with E-state index in [0.29, 0.717) is 51.3 Å². The summed E-state index contributed by atoms with van der Waals surface area (Å²) in [6.45, 7) is 6.14. The Labute approximate surface area is 178 Å². The van der Waals surface area contributed by atoms with Crippen molar-refractivity contribution in [3.8, 4) is 0 Å². The van der Waals surface area contributed by atoms with Crippen LogP contribution in [0.5, 0.6) is 0 Å². The highest BCUT2D eigenvalue weighted by Crippen LogP contribution is 2.27. The van der Waals surface area contributed by atoms with Crippen molar-refractivity contribution in [2.75, 3.05) is 32.8 Å². The number of amides is 2. The van der Waals surface area contributed by atoms with Crippen LogP contribution in [-0.4, -0.2) is 68.6 Å². The summed E-state index contributed by atoms with van der Waals surface area (Å²) in [5, 5.41) is 2.98. The van der Waals surface area contributed by atoms with Crippen LogP contribution >= 0.6 is 0 Å². The van der Waals surface area contributed by atoms with Crippen LogP contribution in [0.3, 0.4) is 0 Å². The molecule has 168 valence electrons. The number of benzene rings is 1. The van der Waals surface area contributed by atoms with Crippen LogP contribution in [0.2, 0.25) is 0 Å². The fourth-order valence-electron chi connectivity index (χ4n) is 4.20. The summed E-state index contributed by atoms with van der Waals surface area (Å²) in [4.78, 5) is 14.9. The van der Waals surface area contributed by atoms with Crippen LogP contribution in [-0.2, 0) is 14.8 Å². The molecule has 2 amide bonds. The number of rotatable bonds is 6. The van der Waals surface area contributed by atoms with Gasteiger partial charge in [-0.15, -0.1) is 0 Å². The molecule has 1 N–H and O–H groups in total. The van der Waals surface area contributed by atoms with E-state index in [0.717, 1.165) is 19.3 Å². The monoisotopic (exact) mass is 441 g/mol. The van der Waals surface area contributed by atoms with Gasteiger partial charge in [0.25, 0.3) is 0 Å². The van der Waals surface area contributed by atoms with Gasteiger partial charge in [0, 0.05) is 44.9 Å². The number of halogens is 1. The maximum atomic E-state index is 13.5. The first kappa shape index (κ1) is 23.0. The van der Waals surface area contributed by atoms with Crippen molar-refractivity contribution in [1.29, 1.82) is 0 Å². The van der Waals surface area contributed by atoms with Crippen LogP contribution in [0.4, 0.5) is 9.18 Å². The summed E-state index contributed by atoms with van der Waals surface area (Å²) in [5.41, 5.74) is 0.309.